The zero-order chi connectivity index (χ0) is 21.3. The van der Waals surface area contributed by atoms with E-state index in [1.165, 1.54) is 18.4 Å². The highest BCUT2D eigenvalue weighted by Crippen LogP contribution is 2.42. The molecule has 2 heterocycles. The van der Waals surface area contributed by atoms with Gasteiger partial charge in [0.1, 0.15) is 18.1 Å². The molecule has 0 saturated heterocycles. The summed E-state index contributed by atoms with van der Waals surface area (Å²) < 4.78 is 37.1. The van der Waals surface area contributed by atoms with Crippen LogP contribution in [0, 0.1) is 0 Å². The summed E-state index contributed by atoms with van der Waals surface area (Å²) in [5, 5.41) is 2.84. The number of hydrogen-bond acceptors (Lipinski definition) is 6. The number of amides is 1. The van der Waals surface area contributed by atoms with Crippen LogP contribution in [0.4, 0.5) is 11.4 Å². The van der Waals surface area contributed by atoms with Crippen molar-refractivity contribution in [3.05, 3.63) is 59.0 Å². The van der Waals surface area contributed by atoms with Crippen LogP contribution in [0.2, 0.25) is 0 Å². The number of anilines is 2. The van der Waals surface area contributed by atoms with Crippen molar-refractivity contribution < 1.29 is 22.7 Å². The molecule has 2 N–H and O–H groups in total. The number of ether oxygens (including phenoxy) is 2. The van der Waals surface area contributed by atoms with Crippen LogP contribution >= 0.6 is 11.3 Å². The Morgan fingerprint density at radius 3 is 2.77 bits per heavy atom. The topological polar surface area (TPSA) is 93.7 Å². The van der Waals surface area contributed by atoms with Gasteiger partial charge in [-0.1, -0.05) is 12.1 Å². The van der Waals surface area contributed by atoms with Crippen LogP contribution in [0.5, 0.6) is 11.5 Å². The summed E-state index contributed by atoms with van der Waals surface area (Å²) >= 11 is 1.41. The van der Waals surface area contributed by atoms with E-state index in [9.17, 15) is 13.2 Å². The first kappa shape index (κ1) is 20.2. The third-order valence-corrected chi connectivity index (χ3v) is 7.15. The summed E-state index contributed by atoms with van der Waals surface area (Å²) in [6.45, 7) is 1.98. The number of rotatable bonds is 6. The Labute approximate surface area is 178 Å². The van der Waals surface area contributed by atoms with E-state index in [0.29, 0.717) is 28.6 Å². The molecule has 1 aromatic heterocycles. The lowest BCUT2D eigenvalue weighted by Crippen LogP contribution is -2.15. The molecule has 0 bridgehead atoms. The number of fused-ring (bicyclic) bond motifs is 3. The van der Waals surface area contributed by atoms with E-state index >= 15 is 0 Å². The molecule has 1 aliphatic heterocycles. The molecule has 2 aromatic carbocycles. The van der Waals surface area contributed by atoms with Crippen molar-refractivity contribution in [2.45, 2.75) is 13.5 Å². The molecule has 30 heavy (non-hydrogen) atoms. The molecule has 1 amide bonds. The minimum atomic E-state index is -3.44. The highest BCUT2D eigenvalue weighted by atomic mass is 32.2. The zero-order valence-electron chi connectivity index (χ0n) is 16.4. The molecule has 0 atom stereocenters. The highest BCUT2D eigenvalue weighted by molar-refractivity contribution is 7.92. The van der Waals surface area contributed by atoms with Crippen molar-refractivity contribution in [1.82, 2.24) is 0 Å². The van der Waals surface area contributed by atoms with Crippen molar-refractivity contribution in [2.24, 2.45) is 0 Å². The van der Waals surface area contributed by atoms with Crippen LogP contribution in [0.3, 0.4) is 0 Å². The normalized spacial score (nSPS) is 12.3. The van der Waals surface area contributed by atoms with Gasteiger partial charge in [-0.05, 0) is 37.3 Å². The smallest absolute Gasteiger partial charge is 0.265 e. The standard InChI is InChI=1S/C21H20N2O5S2/c1-3-30(25,26)23-16-9-8-14(11-18(16)27-2)22-21(24)19-10-13-12-28-17-7-5-4-6-15(17)20(13)29-19/h4-11,23H,3,12H2,1-2H3,(H,22,24). The lowest BCUT2D eigenvalue weighted by Gasteiger charge is -2.16. The molecular formula is C21H20N2O5S2. The number of carbonyl (C=O) groups is 1. The maximum Gasteiger partial charge on any atom is 0.265 e. The quantitative estimate of drug-likeness (QED) is 0.590. The van der Waals surface area contributed by atoms with Crippen molar-refractivity contribution in [3.8, 4) is 21.9 Å². The summed E-state index contributed by atoms with van der Waals surface area (Å²) in [5.41, 5.74) is 2.78. The monoisotopic (exact) mass is 444 g/mol. The third kappa shape index (κ3) is 3.99. The van der Waals surface area contributed by atoms with Crippen LogP contribution < -0.4 is 19.5 Å². The van der Waals surface area contributed by atoms with Gasteiger partial charge in [-0.3, -0.25) is 9.52 Å². The summed E-state index contributed by atoms with van der Waals surface area (Å²) in [6.07, 6.45) is 0. The maximum atomic E-state index is 12.8. The maximum absolute atomic E-state index is 12.8. The highest BCUT2D eigenvalue weighted by Gasteiger charge is 2.22. The molecule has 0 aliphatic carbocycles. The van der Waals surface area contributed by atoms with E-state index < -0.39 is 10.0 Å². The van der Waals surface area contributed by atoms with E-state index in [1.807, 2.05) is 30.3 Å². The van der Waals surface area contributed by atoms with Gasteiger partial charge in [0, 0.05) is 27.8 Å². The predicted molar refractivity (Wildman–Crippen MR) is 118 cm³/mol. The summed E-state index contributed by atoms with van der Waals surface area (Å²) in [4.78, 5) is 14.4. The van der Waals surface area contributed by atoms with Crippen LogP contribution in [0.25, 0.3) is 10.4 Å². The molecule has 0 spiro atoms. The Hall–Kier alpha value is -3.04. The molecular weight excluding hydrogens is 424 g/mol. The number of thiophene rings is 1. The third-order valence-electron chi connectivity index (χ3n) is 4.65. The molecule has 0 radical (unpaired) electrons. The van der Waals surface area contributed by atoms with E-state index in [1.54, 1.807) is 25.1 Å². The molecule has 1 aliphatic rings. The van der Waals surface area contributed by atoms with Gasteiger partial charge in [-0.15, -0.1) is 11.3 Å². The fraction of sp³-hybridized carbons (Fsp3) is 0.190. The average Bonchev–Trinajstić information content (AvgIpc) is 3.20. The lowest BCUT2D eigenvalue weighted by molar-refractivity contribution is 0.103. The number of sulfonamides is 1. The molecule has 0 saturated carbocycles. The van der Waals surface area contributed by atoms with E-state index in [0.717, 1.165) is 21.8 Å². The summed E-state index contributed by atoms with van der Waals surface area (Å²) in [6, 6.07) is 14.4. The largest absolute Gasteiger partial charge is 0.494 e. The van der Waals surface area contributed by atoms with Gasteiger partial charge in [-0.25, -0.2) is 8.42 Å². The number of carbonyl (C=O) groups excluding carboxylic acids is 1. The first-order chi connectivity index (χ1) is 14.4. The van der Waals surface area contributed by atoms with Crippen LogP contribution in [-0.4, -0.2) is 27.2 Å². The Morgan fingerprint density at radius 2 is 2.00 bits per heavy atom. The first-order valence-electron chi connectivity index (χ1n) is 9.25. The van der Waals surface area contributed by atoms with E-state index in [-0.39, 0.29) is 11.7 Å². The van der Waals surface area contributed by atoms with Crippen LogP contribution in [0.15, 0.2) is 48.5 Å². The minimum Gasteiger partial charge on any atom is -0.494 e. The number of hydrogen-bond donors (Lipinski definition) is 2. The van der Waals surface area contributed by atoms with Gasteiger partial charge in [-0.2, -0.15) is 0 Å². The molecule has 9 heteroatoms. The summed E-state index contributed by atoms with van der Waals surface area (Å²) in [5.74, 6) is 0.826. The minimum absolute atomic E-state index is 0.0511. The van der Waals surface area contributed by atoms with Gasteiger partial charge in [0.05, 0.1) is 23.4 Å². The SMILES string of the molecule is CCS(=O)(=O)Nc1ccc(NC(=O)c2cc3c(s2)-c2ccccc2OC3)cc1OC. The molecule has 0 fully saturated rings. The van der Waals surface area contributed by atoms with E-state index in [2.05, 4.69) is 10.0 Å². The van der Waals surface area contributed by atoms with Gasteiger partial charge in [0.2, 0.25) is 10.0 Å². The molecule has 3 aromatic rings. The van der Waals surface area contributed by atoms with Crippen molar-refractivity contribution >= 4 is 38.6 Å². The predicted octanol–water partition coefficient (Wildman–Crippen LogP) is 4.33. The summed E-state index contributed by atoms with van der Waals surface area (Å²) in [7, 11) is -2.00. The van der Waals surface area contributed by atoms with Crippen molar-refractivity contribution in [1.29, 1.82) is 0 Å². The van der Waals surface area contributed by atoms with Gasteiger partial charge < -0.3 is 14.8 Å². The van der Waals surface area contributed by atoms with Crippen LogP contribution in [-0.2, 0) is 16.6 Å². The molecule has 7 nitrogen and oxygen atoms in total. The van der Waals surface area contributed by atoms with Gasteiger partial charge in [0.25, 0.3) is 5.91 Å². The fourth-order valence-electron chi connectivity index (χ4n) is 3.10. The second-order valence-electron chi connectivity index (χ2n) is 6.62. The Balaban J connectivity index is 1.56. The number of para-hydroxylation sites is 1. The number of benzene rings is 2. The van der Waals surface area contributed by atoms with Crippen molar-refractivity contribution in [2.75, 3.05) is 22.9 Å². The van der Waals surface area contributed by atoms with Crippen LogP contribution in [0.1, 0.15) is 22.2 Å². The fourth-order valence-corrected chi connectivity index (χ4v) is 4.84. The molecule has 0 unspecified atom stereocenters. The first-order valence-corrected chi connectivity index (χ1v) is 11.7. The van der Waals surface area contributed by atoms with Gasteiger partial charge >= 0.3 is 0 Å². The Kier molecular flexibility index (Phi) is 5.40. The average molecular weight is 445 g/mol. The zero-order valence-corrected chi connectivity index (χ0v) is 18.0. The van der Waals surface area contributed by atoms with E-state index in [4.69, 9.17) is 9.47 Å². The Morgan fingerprint density at radius 1 is 1.20 bits per heavy atom. The number of methoxy groups -OCH3 is 1. The second kappa shape index (κ2) is 8.00. The Bertz CT molecular complexity index is 1220. The number of nitrogens with one attached hydrogen (secondary N) is 2. The lowest BCUT2D eigenvalue weighted by atomic mass is 10.1. The van der Waals surface area contributed by atoms with Crippen molar-refractivity contribution in [3.63, 3.8) is 0 Å². The second-order valence-corrected chi connectivity index (χ2v) is 9.69. The molecule has 4 rings (SSSR count). The van der Waals surface area contributed by atoms with Gasteiger partial charge in [0.15, 0.2) is 0 Å². The molecule has 156 valence electrons.